The molecule has 0 radical (unpaired) electrons. The van der Waals surface area contributed by atoms with Gasteiger partial charge in [0, 0.05) is 29.5 Å². The molecule has 1 N–H and O–H groups in total. The number of hydrogen-bond acceptors (Lipinski definition) is 3. The smallest absolute Gasteiger partial charge is 0.265 e. The molecule has 2 aromatic carbocycles. The van der Waals surface area contributed by atoms with Gasteiger partial charge in [-0.15, -0.1) is 11.3 Å². The number of nitrogens with zero attached hydrogens (tertiary/aromatic N) is 1. The standard InChI is InChI=1S/C23H24N2OS/c26-23(22-15-18-4-1-2-7-21(18)27-22)24-19-9-8-16-10-12-25(20-5-3-6-20)13-11-17(16)14-19/h1-2,4,7-9,14-15,20H,3,5-6,10-13H2,(H,24,26). The van der Waals surface area contributed by atoms with E-state index in [1.807, 2.05) is 18.2 Å². The van der Waals surface area contributed by atoms with Gasteiger partial charge in [-0.3, -0.25) is 9.69 Å². The summed E-state index contributed by atoms with van der Waals surface area (Å²) in [7, 11) is 0. The molecule has 2 heterocycles. The average molecular weight is 377 g/mol. The van der Waals surface area contributed by atoms with E-state index in [1.54, 1.807) is 11.3 Å². The molecule has 0 saturated heterocycles. The summed E-state index contributed by atoms with van der Waals surface area (Å²) in [6, 6.07) is 17.4. The first-order valence-corrected chi connectivity index (χ1v) is 10.7. The van der Waals surface area contributed by atoms with E-state index in [4.69, 9.17) is 0 Å². The number of nitrogens with one attached hydrogen (secondary N) is 1. The SMILES string of the molecule is O=C(Nc1ccc2c(c1)CCN(C1CCC1)CC2)c1cc2ccccc2s1. The van der Waals surface area contributed by atoms with E-state index in [-0.39, 0.29) is 5.91 Å². The average Bonchev–Trinajstić information content (AvgIpc) is 2.97. The Morgan fingerprint density at radius 1 is 1.00 bits per heavy atom. The van der Waals surface area contributed by atoms with E-state index in [2.05, 4.69) is 40.5 Å². The van der Waals surface area contributed by atoms with Gasteiger partial charge in [-0.2, -0.15) is 0 Å². The largest absolute Gasteiger partial charge is 0.321 e. The quantitative estimate of drug-likeness (QED) is 0.689. The number of hydrogen-bond donors (Lipinski definition) is 1. The van der Waals surface area contributed by atoms with Crippen LogP contribution in [0.4, 0.5) is 5.69 Å². The maximum atomic E-state index is 12.7. The molecule has 1 aromatic heterocycles. The normalized spacial score (nSPS) is 17.9. The minimum absolute atomic E-state index is 0.0131. The summed E-state index contributed by atoms with van der Waals surface area (Å²) in [4.78, 5) is 16.1. The monoisotopic (exact) mass is 376 g/mol. The van der Waals surface area contributed by atoms with Crippen LogP contribution in [0, 0.1) is 0 Å². The Labute approximate surface area is 164 Å². The Morgan fingerprint density at radius 2 is 1.81 bits per heavy atom. The van der Waals surface area contributed by atoms with Crippen LogP contribution >= 0.6 is 11.3 Å². The molecule has 0 unspecified atom stereocenters. The zero-order valence-electron chi connectivity index (χ0n) is 15.4. The third-order valence-corrected chi connectivity index (χ3v) is 7.16. The van der Waals surface area contributed by atoms with Gasteiger partial charge in [0.2, 0.25) is 0 Å². The molecule has 138 valence electrons. The molecule has 1 fully saturated rings. The number of benzene rings is 2. The van der Waals surface area contributed by atoms with Crippen molar-refractivity contribution in [2.75, 3.05) is 18.4 Å². The second-order valence-electron chi connectivity index (χ2n) is 7.71. The summed E-state index contributed by atoms with van der Waals surface area (Å²) in [5.74, 6) is -0.0131. The molecule has 3 aromatic rings. The lowest BCUT2D eigenvalue weighted by Gasteiger charge is -2.36. The first-order chi connectivity index (χ1) is 13.3. The summed E-state index contributed by atoms with van der Waals surface area (Å²) in [6.07, 6.45) is 6.33. The molecule has 0 atom stereocenters. The molecule has 0 bridgehead atoms. The molecule has 2 aliphatic rings. The van der Waals surface area contributed by atoms with Crippen LogP contribution < -0.4 is 5.32 Å². The van der Waals surface area contributed by atoms with Gasteiger partial charge in [-0.05, 0) is 66.5 Å². The second kappa shape index (κ2) is 7.10. The minimum Gasteiger partial charge on any atom is -0.321 e. The molecule has 5 rings (SSSR count). The number of amides is 1. The summed E-state index contributed by atoms with van der Waals surface area (Å²) in [5, 5.41) is 4.23. The predicted molar refractivity (Wildman–Crippen MR) is 113 cm³/mol. The summed E-state index contributed by atoms with van der Waals surface area (Å²) < 4.78 is 1.15. The van der Waals surface area contributed by atoms with Gasteiger partial charge in [0.25, 0.3) is 5.91 Å². The van der Waals surface area contributed by atoms with Gasteiger partial charge >= 0.3 is 0 Å². The van der Waals surface area contributed by atoms with Gasteiger partial charge in [0.15, 0.2) is 0 Å². The fraction of sp³-hybridized carbons (Fsp3) is 0.348. The molecule has 0 spiro atoms. The lowest BCUT2D eigenvalue weighted by molar-refractivity contribution is 0.103. The molecule has 4 heteroatoms. The zero-order valence-corrected chi connectivity index (χ0v) is 16.2. The summed E-state index contributed by atoms with van der Waals surface area (Å²) >= 11 is 1.55. The van der Waals surface area contributed by atoms with E-state index >= 15 is 0 Å². The zero-order chi connectivity index (χ0) is 18.2. The maximum Gasteiger partial charge on any atom is 0.265 e. The Hall–Kier alpha value is -2.17. The highest BCUT2D eigenvalue weighted by molar-refractivity contribution is 7.20. The number of carbonyl (C=O) groups is 1. The molecule has 1 aliphatic carbocycles. The van der Waals surface area contributed by atoms with E-state index in [0.29, 0.717) is 0 Å². The van der Waals surface area contributed by atoms with Crippen LogP contribution in [0.2, 0.25) is 0 Å². The minimum atomic E-state index is -0.0131. The van der Waals surface area contributed by atoms with Crippen molar-refractivity contribution < 1.29 is 4.79 Å². The molecule has 1 saturated carbocycles. The van der Waals surface area contributed by atoms with Crippen LogP contribution in [0.25, 0.3) is 10.1 Å². The van der Waals surface area contributed by atoms with Crippen molar-refractivity contribution in [2.24, 2.45) is 0 Å². The Morgan fingerprint density at radius 3 is 2.59 bits per heavy atom. The highest BCUT2D eigenvalue weighted by atomic mass is 32.1. The van der Waals surface area contributed by atoms with Gasteiger partial charge < -0.3 is 5.32 Å². The van der Waals surface area contributed by atoms with E-state index in [0.717, 1.165) is 46.1 Å². The number of anilines is 1. The highest BCUT2D eigenvalue weighted by Gasteiger charge is 2.26. The number of fused-ring (bicyclic) bond motifs is 2. The summed E-state index contributed by atoms with van der Waals surface area (Å²) in [6.45, 7) is 2.32. The molecule has 27 heavy (non-hydrogen) atoms. The van der Waals surface area contributed by atoms with Crippen molar-refractivity contribution in [2.45, 2.75) is 38.1 Å². The molecule has 1 amide bonds. The van der Waals surface area contributed by atoms with Crippen molar-refractivity contribution in [3.8, 4) is 0 Å². The van der Waals surface area contributed by atoms with Crippen LogP contribution in [0.15, 0.2) is 48.5 Å². The van der Waals surface area contributed by atoms with Gasteiger partial charge in [0.1, 0.15) is 0 Å². The Bertz CT molecular complexity index is 956. The number of rotatable bonds is 3. The third kappa shape index (κ3) is 3.40. The molecule has 3 nitrogen and oxygen atoms in total. The van der Waals surface area contributed by atoms with Crippen LogP contribution in [0.5, 0.6) is 0 Å². The lowest BCUT2D eigenvalue weighted by atomic mass is 9.91. The van der Waals surface area contributed by atoms with E-state index in [9.17, 15) is 4.79 Å². The van der Waals surface area contributed by atoms with Crippen LogP contribution in [-0.2, 0) is 12.8 Å². The van der Waals surface area contributed by atoms with E-state index < -0.39 is 0 Å². The van der Waals surface area contributed by atoms with Crippen molar-refractivity contribution in [1.29, 1.82) is 0 Å². The second-order valence-corrected chi connectivity index (χ2v) is 8.79. The van der Waals surface area contributed by atoms with Crippen LogP contribution in [0.1, 0.15) is 40.1 Å². The number of thiophene rings is 1. The molecular formula is C23H24N2OS. The van der Waals surface area contributed by atoms with Crippen LogP contribution in [0.3, 0.4) is 0 Å². The fourth-order valence-electron chi connectivity index (χ4n) is 4.22. The van der Waals surface area contributed by atoms with Gasteiger partial charge in [-0.25, -0.2) is 0 Å². The molecular weight excluding hydrogens is 352 g/mol. The predicted octanol–water partition coefficient (Wildman–Crippen LogP) is 5.11. The first-order valence-electron chi connectivity index (χ1n) is 9.92. The van der Waals surface area contributed by atoms with Crippen molar-refractivity contribution in [3.05, 3.63) is 64.5 Å². The number of carbonyl (C=O) groups excluding carboxylic acids is 1. The lowest BCUT2D eigenvalue weighted by Crippen LogP contribution is -2.41. The highest BCUT2D eigenvalue weighted by Crippen LogP contribution is 2.29. The van der Waals surface area contributed by atoms with Crippen molar-refractivity contribution in [3.63, 3.8) is 0 Å². The van der Waals surface area contributed by atoms with Gasteiger partial charge in [-0.1, -0.05) is 30.7 Å². The Balaban J connectivity index is 1.31. The first kappa shape index (κ1) is 17.0. The fourth-order valence-corrected chi connectivity index (χ4v) is 5.18. The molecule has 1 aliphatic heterocycles. The Kier molecular flexibility index (Phi) is 4.46. The summed E-state index contributed by atoms with van der Waals surface area (Å²) in [5.41, 5.74) is 3.75. The van der Waals surface area contributed by atoms with Crippen molar-refractivity contribution in [1.82, 2.24) is 4.90 Å². The van der Waals surface area contributed by atoms with E-state index in [1.165, 1.54) is 36.9 Å². The van der Waals surface area contributed by atoms with Gasteiger partial charge in [0.05, 0.1) is 4.88 Å². The third-order valence-electron chi connectivity index (χ3n) is 6.04. The van der Waals surface area contributed by atoms with Crippen LogP contribution in [-0.4, -0.2) is 29.9 Å². The topological polar surface area (TPSA) is 32.3 Å². The maximum absolute atomic E-state index is 12.7. The van der Waals surface area contributed by atoms with Crippen molar-refractivity contribution >= 4 is 33.0 Å².